The third-order valence-electron chi connectivity index (χ3n) is 9.22. The van der Waals surface area contributed by atoms with Crippen molar-refractivity contribution < 1.29 is 4.42 Å². The first-order valence-corrected chi connectivity index (χ1v) is 15.7. The van der Waals surface area contributed by atoms with Crippen LogP contribution in [0.5, 0.6) is 0 Å². The second-order valence-corrected chi connectivity index (χ2v) is 11.7. The highest BCUT2D eigenvalue weighted by atomic mass is 16.3. The van der Waals surface area contributed by atoms with Gasteiger partial charge in [-0.25, -0.2) is 0 Å². The average molecular weight is 591 g/mol. The summed E-state index contributed by atoms with van der Waals surface area (Å²) in [5.74, 6) is 0. The van der Waals surface area contributed by atoms with Gasteiger partial charge < -0.3 is 13.6 Å². The van der Waals surface area contributed by atoms with E-state index in [0.29, 0.717) is 0 Å². The Morgan fingerprint density at radius 3 is 1.98 bits per heavy atom. The molecule has 9 aromatic rings. The van der Waals surface area contributed by atoms with E-state index in [1.807, 2.05) is 18.2 Å². The Balaban J connectivity index is 1.34. The molecule has 0 saturated carbocycles. The fourth-order valence-electron chi connectivity index (χ4n) is 7.26. The zero-order valence-corrected chi connectivity index (χ0v) is 25.4. The molecule has 3 nitrogen and oxygen atoms in total. The standard InChI is InChI=1S/C43H30N2O/c1-3-12-36-32(4-2)42-38(45(36)31-23-26-41-35(27-31)33-15-9-11-18-40(33)46-41)24-25-39-43(42)34-16-8-10-17-37(34)44(39)30-21-19-29(20-22-30)28-13-6-5-7-14-28/h3-27H,2H2,1H3/b12-3-. The summed E-state index contributed by atoms with van der Waals surface area (Å²) in [6.07, 6.45) is 6.32. The maximum absolute atomic E-state index is 6.18. The van der Waals surface area contributed by atoms with Crippen molar-refractivity contribution in [3.63, 3.8) is 0 Å². The molecule has 6 aromatic carbocycles. The van der Waals surface area contributed by atoms with Crippen molar-refractivity contribution in [3.05, 3.63) is 157 Å². The molecule has 0 saturated heterocycles. The number of hydrogen-bond donors (Lipinski definition) is 0. The van der Waals surface area contributed by atoms with Gasteiger partial charge in [0.1, 0.15) is 11.2 Å². The first-order chi connectivity index (χ1) is 22.7. The van der Waals surface area contributed by atoms with E-state index < -0.39 is 0 Å². The zero-order chi connectivity index (χ0) is 30.8. The lowest BCUT2D eigenvalue weighted by Crippen LogP contribution is -1.97. The summed E-state index contributed by atoms with van der Waals surface area (Å²) < 4.78 is 10.9. The number of hydrogen-bond acceptors (Lipinski definition) is 1. The predicted molar refractivity (Wildman–Crippen MR) is 195 cm³/mol. The van der Waals surface area contributed by atoms with Gasteiger partial charge in [-0.1, -0.05) is 97.6 Å². The smallest absolute Gasteiger partial charge is 0.135 e. The molecule has 3 aromatic heterocycles. The van der Waals surface area contributed by atoms with E-state index in [-0.39, 0.29) is 0 Å². The van der Waals surface area contributed by atoms with Crippen LogP contribution in [0, 0.1) is 0 Å². The Morgan fingerprint density at radius 1 is 0.543 bits per heavy atom. The van der Waals surface area contributed by atoms with Crippen molar-refractivity contribution in [3.8, 4) is 22.5 Å². The SMILES string of the molecule is C=Cc1c(/C=C\C)n(-c2ccc3oc4ccccc4c3c2)c2ccc3c(c4ccccc4n3-c3ccc(-c4ccccc4)cc3)c12. The Labute approximate surface area is 266 Å². The van der Waals surface area contributed by atoms with Gasteiger partial charge in [0, 0.05) is 43.9 Å². The average Bonchev–Trinajstić information content (AvgIpc) is 3.75. The van der Waals surface area contributed by atoms with E-state index in [2.05, 4.69) is 156 Å². The van der Waals surface area contributed by atoms with Crippen LogP contribution in [0.15, 0.2) is 151 Å². The molecule has 0 spiro atoms. The van der Waals surface area contributed by atoms with Crippen LogP contribution < -0.4 is 0 Å². The number of para-hydroxylation sites is 2. The van der Waals surface area contributed by atoms with E-state index in [1.54, 1.807) is 0 Å². The lowest BCUT2D eigenvalue weighted by Gasteiger charge is -2.11. The summed E-state index contributed by atoms with van der Waals surface area (Å²) in [5.41, 5.74) is 12.2. The maximum Gasteiger partial charge on any atom is 0.135 e. The molecule has 0 aliphatic rings. The molecule has 0 radical (unpaired) electrons. The third kappa shape index (κ3) is 3.79. The van der Waals surface area contributed by atoms with E-state index in [0.717, 1.165) is 50.1 Å². The quantitative estimate of drug-likeness (QED) is 0.195. The zero-order valence-electron chi connectivity index (χ0n) is 25.4. The number of allylic oxidation sites excluding steroid dienone is 1. The summed E-state index contributed by atoms with van der Waals surface area (Å²) in [5, 5.41) is 5.89. The van der Waals surface area contributed by atoms with Crippen LogP contribution in [0.2, 0.25) is 0 Å². The lowest BCUT2D eigenvalue weighted by molar-refractivity contribution is 0.669. The van der Waals surface area contributed by atoms with Crippen LogP contribution in [0.3, 0.4) is 0 Å². The maximum atomic E-state index is 6.18. The first kappa shape index (κ1) is 26.4. The molecular formula is C43H30N2O. The molecule has 0 bridgehead atoms. The minimum absolute atomic E-state index is 0.890. The van der Waals surface area contributed by atoms with Gasteiger partial charge in [-0.15, -0.1) is 0 Å². The van der Waals surface area contributed by atoms with Crippen LogP contribution in [-0.2, 0) is 0 Å². The van der Waals surface area contributed by atoms with Gasteiger partial charge in [0.15, 0.2) is 0 Å². The molecule has 0 aliphatic heterocycles. The summed E-state index contributed by atoms with van der Waals surface area (Å²) in [4.78, 5) is 0. The van der Waals surface area contributed by atoms with Crippen molar-refractivity contribution in [2.24, 2.45) is 0 Å². The van der Waals surface area contributed by atoms with Crippen molar-refractivity contribution in [2.45, 2.75) is 6.92 Å². The monoisotopic (exact) mass is 590 g/mol. The van der Waals surface area contributed by atoms with E-state index in [1.165, 1.54) is 38.3 Å². The minimum atomic E-state index is 0.890. The molecule has 9 rings (SSSR count). The fourth-order valence-corrected chi connectivity index (χ4v) is 7.26. The van der Waals surface area contributed by atoms with Gasteiger partial charge in [-0.2, -0.15) is 0 Å². The Kier molecular flexibility index (Phi) is 5.87. The van der Waals surface area contributed by atoms with Crippen LogP contribution in [-0.4, -0.2) is 9.13 Å². The Bertz CT molecular complexity index is 2640. The topological polar surface area (TPSA) is 23.0 Å². The molecule has 0 N–H and O–H groups in total. The predicted octanol–water partition coefficient (Wildman–Crippen LogP) is 12.0. The molecule has 0 atom stereocenters. The normalized spacial score (nSPS) is 12.0. The molecule has 0 fully saturated rings. The molecule has 3 heteroatoms. The Morgan fingerprint density at radius 2 is 1.20 bits per heavy atom. The number of furan rings is 1. The summed E-state index contributed by atoms with van der Waals surface area (Å²) in [7, 11) is 0. The van der Waals surface area contributed by atoms with Crippen molar-refractivity contribution in [2.75, 3.05) is 0 Å². The van der Waals surface area contributed by atoms with Crippen molar-refractivity contribution in [1.29, 1.82) is 0 Å². The number of fused-ring (bicyclic) bond motifs is 8. The van der Waals surface area contributed by atoms with Gasteiger partial charge in [0.25, 0.3) is 0 Å². The highest BCUT2D eigenvalue weighted by Crippen LogP contribution is 2.43. The number of aromatic nitrogens is 2. The number of rotatable bonds is 5. The van der Waals surface area contributed by atoms with Gasteiger partial charge >= 0.3 is 0 Å². The van der Waals surface area contributed by atoms with Gasteiger partial charge in [0.05, 0.1) is 22.2 Å². The van der Waals surface area contributed by atoms with Gasteiger partial charge in [0.2, 0.25) is 0 Å². The second kappa shape index (κ2) is 10.3. The highest BCUT2D eigenvalue weighted by molar-refractivity contribution is 6.24. The third-order valence-corrected chi connectivity index (χ3v) is 9.22. The van der Waals surface area contributed by atoms with Crippen LogP contribution in [0.1, 0.15) is 18.2 Å². The van der Waals surface area contributed by atoms with Crippen LogP contribution >= 0.6 is 0 Å². The molecule has 3 heterocycles. The van der Waals surface area contributed by atoms with E-state index >= 15 is 0 Å². The summed E-state index contributed by atoms with van der Waals surface area (Å²) in [6, 6.07) is 47.5. The second-order valence-electron chi connectivity index (χ2n) is 11.7. The van der Waals surface area contributed by atoms with Gasteiger partial charge in [-0.05, 0) is 78.7 Å². The molecule has 218 valence electrons. The van der Waals surface area contributed by atoms with Gasteiger partial charge in [-0.3, -0.25) is 0 Å². The number of benzene rings is 6. The molecule has 0 amide bonds. The largest absolute Gasteiger partial charge is 0.456 e. The Hall–Kier alpha value is -6.06. The summed E-state index contributed by atoms with van der Waals surface area (Å²) >= 11 is 0. The summed E-state index contributed by atoms with van der Waals surface area (Å²) in [6.45, 7) is 6.41. The minimum Gasteiger partial charge on any atom is -0.456 e. The van der Waals surface area contributed by atoms with Crippen molar-refractivity contribution >= 4 is 66.8 Å². The molecular weight excluding hydrogens is 560 g/mol. The fraction of sp³-hybridized carbons (Fsp3) is 0.0233. The van der Waals surface area contributed by atoms with Crippen LogP contribution in [0.25, 0.3) is 89.3 Å². The van der Waals surface area contributed by atoms with E-state index in [4.69, 9.17) is 4.42 Å². The van der Waals surface area contributed by atoms with Crippen LogP contribution in [0.4, 0.5) is 0 Å². The number of nitrogens with zero attached hydrogens (tertiary/aromatic N) is 2. The highest BCUT2D eigenvalue weighted by Gasteiger charge is 2.22. The lowest BCUT2D eigenvalue weighted by atomic mass is 10.0. The van der Waals surface area contributed by atoms with E-state index in [9.17, 15) is 0 Å². The molecule has 46 heavy (non-hydrogen) atoms. The molecule has 0 unspecified atom stereocenters. The van der Waals surface area contributed by atoms with Crippen molar-refractivity contribution in [1.82, 2.24) is 9.13 Å². The first-order valence-electron chi connectivity index (χ1n) is 15.7. The molecule has 0 aliphatic carbocycles.